The first-order valence-electron chi connectivity index (χ1n) is 10.1. The van der Waals surface area contributed by atoms with E-state index in [9.17, 15) is 0 Å². The number of rotatable bonds is 5. The number of ether oxygens (including phenoxy) is 3. The van der Waals surface area contributed by atoms with Crippen molar-refractivity contribution in [1.29, 1.82) is 0 Å². The minimum Gasteiger partial charge on any atom is -0.493 e. The van der Waals surface area contributed by atoms with Crippen LogP contribution in [0.25, 0.3) is 10.2 Å². The third-order valence-electron chi connectivity index (χ3n) is 5.57. The monoisotopic (exact) mass is 411 g/mol. The summed E-state index contributed by atoms with van der Waals surface area (Å²) in [6, 6.07) is 5.97. The highest BCUT2D eigenvalue weighted by atomic mass is 32.1. The van der Waals surface area contributed by atoms with Crippen LogP contribution in [0.4, 0.5) is 0 Å². The van der Waals surface area contributed by atoms with Crippen LogP contribution in [0.2, 0.25) is 0 Å². The molecule has 1 aromatic carbocycles. The van der Waals surface area contributed by atoms with Crippen molar-refractivity contribution in [2.75, 3.05) is 33.4 Å². The Morgan fingerprint density at radius 2 is 2.00 bits per heavy atom. The van der Waals surface area contributed by atoms with Crippen LogP contribution >= 0.6 is 11.3 Å². The molecule has 1 aliphatic heterocycles. The number of fused-ring (bicyclic) bond motifs is 3. The third-order valence-corrected chi connectivity index (χ3v) is 6.76. The molecule has 0 N–H and O–H groups in total. The molecule has 1 saturated heterocycles. The van der Waals surface area contributed by atoms with Crippen molar-refractivity contribution in [3.05, 3.63) is 40.0 Å². The predicted octanol–water partition coefficient (Wildman–Crippen LogP) is 4.12. The number of aryl methyl sites for hydroxylation is 3. The van der Waals surface area contributed by atoms with E-state index in [1.54, 1.807) is 18.4 Å². The molecule has 29 heavy (non-hydrogen) atoms. The molecule has 2 aromatic heterocycles. The Morgan fingerprint density at radius 3 is 2.83 bits per heavy atom. The average Bonchev–Trinajstić information content (AvgIpc) is 3.31. The number of thiophene rings is 1. The summed E-state index contributed by atoms with van der Waals surface area (Å²) in [7, 11) is 1.67. The molecule has 0 atom stereocenters. The Bertz CT molecular complexity index is 1040. The maximum absolute atomic E-state index is 6.37. The van der Waals surface area contributed by atoms with Crippen LogP contribution in [0.1, 0.15) is 28.2 Å². The molecular formula is C22H25N3O3S. The van der Waals surface area contributed by atoms with Gasteiger partial charge in [0.2, 0.25) is 5.88 Å². The summed E-state index contributed by atoms with van der Waals surface area (Å²) in [6.07, 6.45) is 3.39. The van der Waals surface area contributed by atoms with E-state index in [-0.39, 0.29) is 0 Å². The molecule has 0 saturated carbocycles. The second kappa shape index (κ2) is 7.89. The molecule has 3 heterocycles. The minimum absolute atomic E-state index is 0.653. The van der Waals surface area contributed by atoms with E-state index >= 15 is 0 Å². The molecule has 0 amide bonds. The van der Waals surface area contributed by atoms with Gasteiger partial charge in [0.05, 0.1) is 32.3 Å². The van der Waals surface area contributed by atoms with E-state index in [4.69, 9.17) is 24.2 Å². The van der Waals surface area contributed by atoms with Crippen LogP contribution in [0.3, 0.4) is 0 Å². The van der Waals surface area contributed by atoms with Gasteiger partial charge in [-0.2, -0.15) is 4.98 Å². The zero-order chi connectivity index (χ0) is 19.8. The normalized spacial score (nSPS) is 16.9. The van der Waals surface area contributed by atoms with Gasteiger partial charge in [-0.05, 0) is 49.4 Å². The van der Waals surface area contributed by atoms with Gasteiger partial charge in [-0.15, -0.1) is 11.3 Å². The highest BCUT2D eigenvalue weighted by Crippen LogP contribution is 2.42. The van der Waals surface area contributed by atoms with Crippen molar-refractivity contribution in [1.82, 2.24) is 14.9 Å². The van der Waals surface area contributed by atoms with E-state index < -0.39 is 0 Å². The molecule has 0 unspecified atom stereocenters. The van der Waals surface area contributed by atoms with Crippen molar-refractivity contribution in [3.8, 4) is 17.4 Å². The molecule has 2 aliphatic rings. The fourth-order valence-corrected chi connectivity index (χ4v) is 5.34. The van der Waals surface area contributed by atoms with Crippen molar-refractivity contribution < 1.29 is 14.2 Å². The van der Waals surface area contributed by atoms with E-state index in [1.165, 1.54) is 16.9 Å². The second-order valence-electron chi connectivity index (χ2n) is 7.63. The first kappa shape index (κ1) is 18.8. The van der Waals surface area contributed by atoms with Gasteiger partial charge in [-0.25, -0.2) is 4.98 Å². The van der Waals surface area contributed by atoms with E-state index in [1.807, 2.05) is 25.1 Å². The van der Waals surface area contributed by atoms with Gasteiger partial charge in [-0.1, -0.05) is 6.07 Å². The number of morpholine rings is 1. The van der Waals surface area contributed by atoms with Gasteiger partial charge < -0.3 is 14.2 Å². The smallest absolute Gasteiger partial charge is 0.231 e. The van der Waals surface area contributed by atoms with Gasteiger partial charge in [0.15, 0.2) is 11.5 Å². The third kappa shape index (κ3) is 3.70. The number of aromatic nitrogens is 2. The lowest BCUT2D eigenvalue weighted by Gasteiger charge is -2.25. The number of hydrogen-bond donors (Lipinski definition) is 0. The number of nitrogens with zero attached hydrogens (tertiary/aromatic N) is 3. The maximum atomic E-state index is 6.37. The summed E-state index contributed by atoms with van der Waals surface area (Å²) in [5, 5.41) is 1.08. The minimum atomic E-state index is 0.653. The number of benzene rings is 1. The Morgan fingerprint density at radius 1 is 1.14 bits per heavy atom. The summed E-state index contributed by atoms with van der Waals surface area (Å²) < 4.78 is 17.4. The highest BCUT2D eigenvalue weighted by Gasteiger charge is 2.25. The molecule has 0 spiro atoms. The van der Waals surface area contributed by atoms with Crippen molar-refractivity contribution in [2.45, 2.75) is 32.7 Å². The molecule has 1 aliphatic carbocycles. The molecule has 3 aromatic rings. The fourth-order valence-electron chi connectivity index (χ4n) is 4.07. The van der Waals surface area contributed by atoms with Gasteiger partial charge in [0.1, 0.15) is 10.7 Å². The van der Waals surface area contributed by atoms with Crippen molar-refractivity contribution >= 4 is 21.6 Å². The van der Waals surface area contributed by atoms with Gasteiger partial charge in [0.25, 0.3) is 0 Å². The van der Waals surface area contributed by atoms with Crippen LogP contribution in [0.5, 0.6) is 17.4 Å². The SMILES string of the molecule is COc1cc(C)ccc1Oc1nc(CN2CCOCC2)nc2sc3c(c12)CCC3. The zero-order valence-corrected chi connectivity index (χ0v) is 17.7. The predicted molar refractivity (Wildman–Crippen MR) is 113 cm³/mol. The summed E-state index contributed by atoms with van der Waals surface area (Å²) in [5.41, 5.74) is 2.50. The summed E-state index contributed by atoms with van der Waals surface area (Å²) in [5.74, 6) is 2.87. The van der Waals surface area contributed by atoms with Crippen LogP contribution in [-0.2, 0) is 24.1 Å². The lowest BCUT2D eigenvalue weighted by molar-refractivity contribution is 0.0330. The summed E-state index contributed by atoms with van der Waals surface area (Å²) >= 11 is 1.79. The molecule has 6 nitrogen and oxygen atoms in total. The van der Waals surface area contributed by atoms with Gasteiger partial charge >= 0.3 is 0 Å². The quantitative estimate of drug-likeness (QED) is 0.629. The van der Waals surface area contributed by atoms with Crippen LogP contribution < -0.4 is 9.47 Å². The molecule has 7 heteroatoms. The maximum Gasteiger partial charge on any atom is 0.231 e. The second-order valence-corrected chi connectivity index (χ2v) is 8.71. The Kier molecular flexibility index (Phi) is 5.11. The van der Waals surface area contributed by atoms with E-state index in [2.05, 4.69) is 4.90 Å². The highest BCUT2D eigenvalue weighted by molar-refractivity contribution is 7.19. The number of hydrogen-bond acceptors (Lipinski definition) is 7. The Balaban J connectivity index is 1.56. The van der Waals surface area contributed by atoms with Crippen LogP contribution in [0.15, 0.2) is 18.2 Å². The molecule has 5 rings (SSSR count). The summed E-state index contributed by atoms with van der Waals surface area (Å²) in [4.78, 5) is 14.6. The first-order chi connectivity index (χ1) is 14.2. The van der Waals surface area contributed by atoms with Crippen LogP contribution in [0, 0.1) is 6.92 Å². The van der Waals surface area contributed by atoms with Gasteiger partial charge in [0, 0.05) is 18.0 Å². The Labute approximate surface area is 174 Å². The first-order valence-corrected chi connectivity index (χ1v) is 11.0. The van der Waals surface area contributed by atoms with E-state index in [0.29, 0.717) is 18.2 Å². The lowest BCUT2D eigenvalue weighted by Crippen LogP contribution is -2.36. The Hall–Kier alpha value is -2.22. The molecule has 0 radical (unpaired) electrons. The van der Waals surface area contributed by atoms with Crippen molar-refractivity contribution in [2.24, 2.45) is 0 Å². The molecule has 1 fully saturated rings. The fraction of sp³-hybridized carbons (Fsp3) is 0.455. The molecular weight excluding hydrogens is 386 g/mol. The standard InChI is InChI=1S/C22H25N3O3S/c1-14-6-7-16(17(12-14)26-2)28-21-20-15-4-3-5-18(15)29-22(20)24-19(23-21)13-25-8-10-27-11-9-25/h6-7,12H,3-5,8-11,13H2,1-2H3. The van der Waals surface area contributed by atoms with Crippen molar-refractivity contribution in [3.63, 3.8) is 0 Å². The zero-order valence-electron chi connectivity index (χ0n) is 16.9. The summed E-state index contributed by atoms with van der Waals surface area (Å²) in [6.45, 7) is 6.10. The molecule has 152 valence electrons. The topological polar surface area (TPSA) is 56.7 Å². The van der Waals surface area contributed by atoms with Gasteiger partial charge in [-0.3, -0.25) is 4.90 Å². The van der Waals surface area contributed by atoms with E-state index in [0.717, 1.165) is 66.5 Å². The van der Waals surface area contributed by atoms with Crippen LogP contribution in [-0.4, -0.2) is 48.3 Å². The number of methoxy groups -OCH3 is 1. The lowest BCUT2D eigenvalue weighted by atomic mass is 10.2. The average molecular weight is 412 g/mol. The largest absolute Gasteiger partial charge is 0.493 e. The molecule has 0 bridgehead atoms.